The van der Waals surface area contributed by atoms with Crippen LogP contribution in [0.3, 0.4) is 0 Å². The number of carbonyl (C=O) groups excluding carboxylic acids is 1. The van der Waals surface area contributed by atoms with Gasteiger partial charge in [-0.3, -0.25) is 4.79 Å². The average Bonchev–Trinajstić information content (AvgIpc) is 2.25. The Labute approximate surface area is 89.8 Å². The van der Waals surface area contributed by atoms with Gasteiger partial charge in [0.1, 0.15) is 0 Å². The van der Waals surface area contributed by atoms with Gasteiger partial charge < -0.3 is 19.9 Å². The van der Waals surface area contributed by atoms with Crippen molar-refractivity contribution in [3.8, 4) is 0 Å². The molecule has 5 heteroatoms. The maximum atomic E-state index is 10.8. The first-order valence-corrected chi connectivity index (χ1v) is 5.33. The fourth-order valence-corrected chi connectivity index (χ4v) is 1.49. The molecule has 88 valence electrons. The van der Waals surface area contributed by atoms with E-state index in [1.807, 2.05) is 0 Å². The van der Waals surface area contributed by atoms with Crippen molar-refractivity contribution in [1.82, 2.24) is 5.32 Å². The molecule has 1 aliphatic heterocycles. The van der Waals surface area contributed by atoms with Gasteiger partial charge in [-0.15, -0.1) is 0 Å². The molecule has 1 fully saturated rings. The molecule has 0 aromatic heterocycles. The summed E-state index contributed by atoms with van der Waals surface area (Å²) in [7, 11) is 0. The van der Waals surface area contributed by atoms with Gasteiger partial charge in [0.15, 0.2) is 6.29 Å². The van der Waals surface area contributed by atoms with E-state index in [1.54, 1.807) is 0 Å². The van der Waals surface area contributed by atoms with Crippen LogP contribution in [0, 0.1) is 0 Å². The predicted octanol–water partition coefficient (Wildman–Crippen LogP) is 0.0266. The maximum absolute atomic E-state index is 10.8. The van der Waals surface area contributed by atoms with Gasteiger partial charge in [-0.25, -0.2) is 0 Å². The van der Waals surface area contributed by atoms with Crippen molar-refractivity contribution in [2.45, 2.75) is 38.5 Å². The van der Waals surface area contributed by atoms with E-state index in [2.05, 4.69) is 5.32 Å². The summed E-state index contributed by atoms with van der Waals surface area (Å²) >= 11 is 0. The second-order valence-electron chi connectivity index (χ2n) is 3.71. The molecule has 1 aliphatic rings. The zero-order chi connectivity index (χ0) is 11.1. The highest BCUT2D eigenvalue weighted by atomic mass is 16.7. The number of carbonyl (C=O) groups is 1. The number of aliphatic hydroxyl groups is 1. The molecule has 5 nitrogen and oxygen atoms in total. The van der Waals surface area contributed by atoms with Crippen LogP contribution in [0.4, 0.5) is 0 Å². The fourth-order valence-electron chi connectivity index (χ4n) is 1.49. The molecule has 1 saturated heterocycles. The molecule has 2 N–H and O–H groups in total. The van der Waals surface area contributed by atoms with E-state index in [4.69, 9.17) is 14.6 Å². The first-order valence-electron chi connectivity index (χ1n) is 5.33. The van der Waals surface area contributed by atoms with Crippen LogP contribution in [0.1, 0.15) is 26.2 Å². The second kappa shape index (κ2) is 6.76. The molecule has 1 heterocycles. The van der Waals surface area contributed by atoms with Crippen LogP contribution in [0.25, 0.3) is 0 Å². The van der Waals surface area contributed by atoms with Crippen LogP contribution < -0.4 is 5.32 Å². The van der Waals surface area contributed by atoms with Gasteiger partial charge in [-0.1, -0.05) is 0 Å². The van der Waals surface area contributed by atoms with E-state index >= 15 is 0 Å². The Balaban J connectivity index is 2.17. The lowest BCUT2D eigenvalue weighted by Crippen LogP contribution is -2.41. The van der Waals surface area contributed by atoms with E-state index in [-0.39, 0.29) is 24.8 Å². The van der Waals surface area contributed by atoms with Crippen LogP contribution in [-0.2, 0) is 14.3 Å². The Bertz CT molecular complexity index is 192. The van der Waals surface area contributed by atoms with Gasteiger partial charge in [-0.2, -0.15) is 0 Å². The van der Waals surface area contributed by atoms with Crippen molar-refractivity contribution >= 4 is 5.91 Å². The minimum absolute atomic E-state index is 0.119. The van der Waals surface area contributed by atoms with E-state index in [9.17, 15) is 4.79 Å². The topological polar surface area (TPSA) is 67.8 Å². The van der Waals surface area contributed by atoms with Crippen LogP contribution >= 0.6 is 0 Å². The summed E-state index contributed by atoms with van der Waals surface area (Å²) in [5.74, 6) is -0.165. The average molecular weight is 217 g/mol. The Morgan fingerprint density at radius 2 is 2.47 bits per heavy atom. The zero-order valence-corrected chi connectivity index (χ0v) is 9.07. The van der Waals surface area contributed by atoms with Gasteiger partial charge in [0.2, 0.25) is 5.91 Å². The third-order valence-electron chi connectivity index (χ3n) is 2.25. The van der Waals surface area contributed by atoms with Gasteiger partial charge in [0, 0.05) is 13.5 Å². The molecule has 0 aliphatic carbocycles. The minimum Gasteiger partial charge on any atom is -0.394 e. The molecule has 0 saturated carbocycles. The van der Waals surface area contributed by atoms with E-state index in [0.717, 1.165) is 25.9 Å². The van der Waals surface area contributed by atoms with Gasteiger partial charge in [0.25, 0.3) is 0 Å². The van der Waals surface area contributed by atoms with Crippen LogP contribution in [0.15, 0.2) is 0 Å². The summed E-state index contributed by atoms with van der Waals surface area (Å²) in [6.45, 7) is 2.32. The summed E-state index contributed by atoms with van der Waals surface area (Å²) in [6, 6.07) is -0.340. The molecule has 15 heavy (non-hydrogen) atoms. The van der Waals surface area contributed by atoms with Gasteiger partial charge in [0.05, 0.1) is 19.3 Å². The molecule has 0 aromatic carbocycles. The molecule has 0 spiro atoms. The second-order valence-corrected chi connectivity index (χ2v) is 3.71. The quantitative estimate of drug-likeness (QED) is 0.681. The summed E-state index contributed by atoms with van der Waals surface area (Å²) in [6.07, 6.45) is 2.89. The molecular formula is C10H19NO4. The molecule has 2 atom stereocenters. The number of rotatable bonds is 5. The summed E-state index contributed by atoms with van der Waals surface area (Å²) in [4.78, 5) is 10.8. The van der Waals surface area contributed by atoms with Crippen LogP contribution in [0.2, 0.25) is 0 Å². The molecule has 0 radical (unpaired) electrons. The van der Waals surface area contributed by atoms with Crippen molar-refractivity contribution < 1.29 is 19.4 Å². The van der Waals surface area contributed by atoms with Crippen molar-refractivity contribution in [2.24, 2.45) is 0 Å². The summed E-state index contributed by atoms with van der Waals surface area (Å²) < 4.78 is 10.8. The third-order valence-corrected chi connectivity index (χ3v) is 2.25. The lowest BCUT2D eigenvalue weighted by atomic mass is 10.2. The fraction of sp³-hybridized carbons (Fsp3) is 0.900. The molecule has 1 rings (SSSR count). The Hall–Kier alpha value is -0.650. The highest BCUT2D eigenvalue weighted by molar-refractivity contribution is 5.73. The monoisotopic (exact) mass is 217 g/mol. The third kappa shape index (κ3) is 5.11. The van der Waals surface area contributed by atoms with E-state index in [1.165, 1.54) is 6.92 Å². The molecule has 0 aromatic rings. The number of aliphatic hydroxyl groups excluding tert-OH is 1. The highest BCUT2D eigenvalue weighted by Crippen LogP contribution is 2.13. The van der Waals surface area contributed by atoms with Crippen LogP contribution in [-0.4, -0.2) is 43.2 Å². The Morgan fingerprint density at radius 3 is 3.00 bits per heavy atom. The Morgan fingerprint density at radius 1 is 1.67 bits per heavy atom. The van der Waals surface area contributed by atoms with E-state index in [0.29, 0.717) is 6.61 Å². The van der Waals surface area contributed by atoms with Crippen molar-refractivity contribution in [3.05, 3.63) is 0 Å². The maximum Gasteiger partial charge on any atom is 0.217 e. The zero-order valence-electron chi connectivity index (χ0n) is 9.07. The molecule has 0 bridgehead atoms. The van der Waals surface area contributed by atoms with Crippen molar-refractivity contribution in [3.63, 3.8) is 0 Å². The SMILES string of the molecule is CC(=O)NC(CO)COC1CCCCO1. The van der Waals surface area contributed by atoms with Gasteiger partial charge in [-0.05, 0) is 19.3 Å². The molecular weight excluding hydrogens is 198 g/mol. The first-order chi connectivity index (χ1) is 7.22. The van der Waals surface area contributed by atoms with Crippen molar-refractivity contribution in [1.29, 1.82) is 0 Å². The number of nitrogens with one attached hydrogen (secondary N) is 1. The standard InChI is InChI=1S/C10H19NO4/c1-8(13)11-9(6-12)7-15-10-4-2-3-5-14-10/h9-10,12H,2-7H2,1H3,(H,11,13). The molecule has 1 amide bonds. The first kappa shape index (κ1) is 12.4. The van der Waals surface area contributed by atoms with Gasteiger partial charge >= 0.3 is 0 Å². The normalized spacial score (nSPS) is 23.5. The number of hydrogen-bond acceptors (Lipinski definition) is 4. The smallest absolute Gasteiger partial charge is 0.217 e. The van der Waals surface area contributed by atoms with Crippen molar-refractivity contribution in [2.75, 3.05) is 19.8 Å². The number of ether oxygens (including phenoxy) is 2. The number of hydrogen-bond donors (Lipinski definition) is 2. The minimum atomic E-state index is -0.340. The van der Waals surface area contributed by atoms with Crippen LogP contribution in [0.5, 0.6) is 0 Å². The Kier molecular flexibility index (Phi) is 5.60. The lowest BCUT2D eigenvalue weighted by molar-refractivity contribution is -0.167. The largest absolute Gasteiger partial charge is 0.394 e. The summed E-state index contributed by atoms with van der Waals surface area (Å²) in [5, 5.41) is 11.6. The highest BCUT2D eigenvalue weighted by Gasteiger charge is 2.16. The van der Waals surface area contributed by atoms with E-state index < -0.39 is 0 Å². The summed E-state index contributed by atoms with van der Waals surface area (Å²) in [5.41, 5.74) is 0. The lowest BCUT2D eigenvalue weighted by Gasteiger charge is -2.25. The molecule has 2 unspecified atom stereocenters. The predicted molar refractivity (Wildman–Crippen MR) is 54.2 cm³/mol. The number of amides is 1.